The van der Waals surface area contributed by atoms with Gasteiger partial charge in [0.05, 0.1) is 11.7 Å². The standard InChI is InChI=1S/C18H16F4N4O4/c1-8-5-12(24-25-14(8)30-7-18(21,22)17(19)20)9(2)26-6-11-10(15(26)27)3-4-23-13(11)16(28)29/h3-5,9,17H,6-7H2,1-2H3,(H,28,29). The zero-order chi connectivity index (χ0) is 22.2. The van der Waals surface area contributed by atoms with Gasteiger partial charge in [0, 0.05) is 29.4 Å². The van der Waals surface area contributed by atoms with Crippen molar-refractivity contribution in [1.29, 1.82) is 0 Å². The molecule has 0 saturated carbocycles. The minimum Gasteiger partial charge on any atom is -0.477 e. The van der Waals surface area contributed by atoms with Gasteiger partial charge in [0.15, 0.2) is 12.3 Å². The second-order valence-electron chi connectivity index (χ2n) is 6.71. The number of carbonyl (C=O) groups excluding carboxylic acids is 1. The summed E-state index contributed by atoms with van der Waals surface area (Å²) < 4.78 is 55.2. The highest BCUT2D eigenvalue weighted by Crippen LogP contribution is 2.32. The van der Waals surface area contributed by atoms with Crippen LogP contribution in [-0.4, -0.2) is 56.0 Å². The molecule has 0 saturated heterocycles. The van der Waals surface area contributed by atoms with Crippen LogP contribution >= 0.6 is 0 Å². The van der Waals surface area contributed by atoms with Crippen LogP contribution in [0.2, 0.25) is 0 Å². The lowest BCUT2D eigenvalue weighted by molar-refractivity contribution is -0.148. The molecule has 1 amide bonds. The van der Waals surface area contributed by atoms with Crippen molar-refractivity contribution < 1.29 is 37.0 Å². The maximum absolute atomic E-state index is 13.0. The molecule has 30 heavy (non-hydrogen) atoms. The quantitative estimate of drug-likeness (QED) is 0.676. The maximum atomic E-state index is 13.0. The number of pyridine rings is 1. The fraction of sp³-hybridized carbons (Fsp3) is 0.389. The molecule has 2 aromatic rings. The summed E-state index contributed by atoms with van der Waals surface area (Å²) in [5.74, 6) is -6.34. The number of alkyl halides is 4. The highest BCUT2D eigenvalue weighted by molar-refractivity contribution is 6.01. The van der Waals surface area contributed by atoms with Crippen molar-refractivity contribution in [2.75, 3.05) is 6.61 Å². The Labute approximate surface area is 167 Å². The SMILES string of the molecule is Cc1cc(C(C)N2Cc3c(ccnc3C(=O)O)C2=O)nnc1OCC(F)(F)C(F)F. The van der Waals surface area contributed by atoms with Crippen molar-refractivity contribution in [2.24, 2.45) is 0 Å². The monoisotopic (exact) mass is 428 g/mol. The van der Waals surface area contributed by atoms with E-state index in [0.717, 1.165) is 0 Å². The number of hydrogen-bond donors (Lipinski definition) is 1. The second kappa shape index (κ2) is 7.84. The molecular formula is C18H16F4N4O4. The predicted molar refractivity (Wildman–Crippen MR) is 92.7 cm³/mol. The van der Waals surface area contributed by atoms with Crippen LogP contribution in [0.25, 0.3) is 0 Å². The van der Waals surface area contributed by atoms with Gasteiger partial charge in [-0.2, -0.15) is 8.78 Å². The molecule has 3 heterocycles. The van der Waals surface area contributed by atoms with Gasteiger partial charge in [-0.3, -0.25) is 4.79 Å². The number of hydrogen-bond acceptors (Lipinski definition) is 6. The maximum Gasteiger partial charge on any atom is 0.354 e. The molecule has 0 aromatic carbocycles. The molecule has 0 spiro atoms. The molecule has 1 N–H and O–H groups in total. The summed E-state index contributed by atoms with van der Waals surface area (Å²) in [5.41, 5.74) is 0.816. The summed E-state index contributed by atoms with van der Waals surface area (Å²) in [7, 11) is 0. The number of ether oxygens (including phenoxy) is 1. The Kier molecular flexibility index (Phi) is 5.59. The Hall–Kier alpha value is -3.31. The van der Waals surface area contributed by atoms with Gasteiger partial charge in [-0.25, -0.2) is 18.6 Å². The minimum absolute atomic E-state index is 0.00953. The largest absolute Gasteiger partial charge is 0.477 e. The zero-order valence-electron chi connectivity index (χ0n) is 15.8. The highest BCUT2D eigenvalue weighted by atomic mass is 19.3. The van der Waals surface area contributed by atoms with Gasteiger partial charge in [-0.15, -0.1) is 10.2 Å². The van der Waals surface area contributed by atoms with E-state index in [1.54, 1.807) is 6.92 Å². The van der Waals surface area contributed by atoms with Crippen LogP contribution in [-0.2, 0) is 6.54 Å². The smallest absolute Gasteiger partial charge is 0.354 e. The van der Waals surface area contributed by atoms with Crippen molar-refractivity contribution in [3.8, 4) is 5.88 Å². The molecule has 2 aromatic heterocycles. The van der Waals surface area contributed by atoms with Crippen LogP contribution in [0.5, 0.6) is 5.88 Å². The Balaban J connectivity index is 1.79. The van der Waals surface area contributed by atoms with Crippen LogP contribution in [0.1, 0.15) is 50.6 Å². The van der Waals surface area contributed by atoms with Gasteiger partial charge in [0.1, 0.15) is 0 Å². The van der Waals surface area contributed by atoms with Gasteiger partial charge in [0.2, 0.25) is 5.88 Å². The Morgan fingerprint density at radius 2 is 2.07 bits per heavy atom. The lowest BCUT2D eigenvalue weighted by atomic mass is 10.1. The van der Waals surface area contributed by atoms with Gasteiger partial charge < -0.3 is 14.7 Å². The molecular weight excluding hydrogens is 412 g/mol. The van der Waals surface area contributed by atoms with Crippen molar-refractivity contribution in [1.82, 2.24) is 20.1 Å². The van der Waals surface area contributed by atoms with E-state index in [0.29, 0.717) is 0 Å². The van der Waals surface area contributed by atoms with Crippen LogP contribution in [0.4, 0.5) is 17.6 Å². The van der Waals surface area contributed by atoms with E-state index in [4.69, 9.17) is 0 Å². The molecule has 12 heteroatoms. The summed E-state index contributed by atoms with van der Waals surface area (Å²) in [4.78, 5) is 29.2. The molecule has 3 rings (SSSR count). The Morgan fingerprint density at radius 3 is 2.67 bits per heavy atom. The molecule has 1 aliphatic heterocycles. The summed E-state index contributed by atoms with van der Waals surface area (Å²) in [6.45, 7) is 1.53. The lowest BCUT2D eigenvalue weighted by Crippen LogP contribution is -2.34. The number of halogens is 4. The number of carboxylic acids is 1. The van der Waals surface area contributed by atoms with E-state index in [2.05, 4.69) is 19.9 Å². The van der Waals surface area contributed by atoms with Crippen LogP contribution in [0, 0.1) is 6.92 Å². The predicted octanol–water partition coefficient (Wildman–Crippen LogP) is 2.87. The summed E-state index contributed by atoms with van der Waals surface area (Å²) >= 11 is 0. The Bertz CT molecular complexity index is 1000. The van der Waals surface area contributed by atoms with Gasteiger partial charge in [-0.05, 0) is 26.0 Å². The molecule has 0 radical (unpaired) electrons. The molecule has 1 unspecified atom stereocenters. The van der Waals surface area contributed by atoms with E-state index in [9.17, 15) is 32.3 Å². The van der Waals surface area contributed by atoms with Crippen molar-refractivity contribution >= 4 is 11.9 Å². The average Bonchev–Trinajstić information content (AvgIpc) is 3.03. The lowest BCUT2D eigenvalue weighted by Gasteiger charge is -2.24. The number of fused-ring (bicyclic) bond motifs is 1. The van der Waals surface area contributed by atoms with Crippen LogP contribution < -0.4 is 4.74 Å². The summed E-state index contributed by atoms with van der Waals surface area (Å²) in [6.07, 6.45) is -2.64. The average molecular weight is 428 g/mol. The minimum atomic E-state index is -4.33. The molecule has 0 bridgehead atoms. The molecule has 1 atom stereocenters. The number of aromatic carboxylic acids is 1. The Morgan fingerprint density at radius 1 is 1.37 bits per heavy atom. The number of carbonyl (C=O) groups is 2. The zero-order valence-corrected chi connectivity index (χ0v) is 15.8. The van der Waals surface area contributed by atoms with E-state index >= 15 is 0 Å². The number of aromatic nitrogens is 3. The van der Waals surface area contributed by atoms with Crippen LogP contribution in [0.3, 0.4) is 0 Å². The molecule has 0 aliphatic carbocycles. The third-order valence-electron chi connectivity index (χ3n) is 4.65. The van der Waals surface area contributed by atoms with Gasteiger partial charge >= 0.3 is 18.3 Å². The third-order valence-corrected chi connectivity index (χ3v) is 4.65. The normalized spacial score (nSPS) is 14.8. The number of aryl methyl sites for hydroxylation is 1. The molecule has 0 fully saturated rings. The number of rotatable bonds is 7. The van der Waals surface area contributed by atoms with Crippen molar-refractivity contribution in [3.63, 3.8) is 0 Å². The van der Waals surface area contributed by atoms with Gasteiger partial charge in [-0.1, -0.05) is 0 Å². The van der Waals surface area contributed by atoms with E-state index in [-0.39, 0.29) is 40.5 Å². The highest BCUT2D eigenvalue weighted by Gasteiger charge is 2.42. The van der Waals surface area contributed by atoms with E-state index in [1.165, 1.54) is 30.2 Å². The first kappa shape index (κ1) is 21.4. The van der Waals surface area contributed by atoms with Crippen LogP contribution in [0.15, 0.2) is 18.3 Å². The van der Waals surface area contributed by atoms with Crippen molar-refractivity contribution in [3.05, 3.63) is 46.4 Å². The summed E-state index contributed by atoms with van der Waals surface area (Å²) in [5, 5.41) is 16.8. The molecule has 160 valence electrons. The van der Waals surface area contributed by atoms with E-state index < -0.39 is 36.9 Å². The van der Waals surface area contributed by atoms with Gasteiger partial charge in [0.25, 0.3) is 5.91 Å². The molecule has 8 nitrogen and oxygen atoms in total. The first-order valence-electron chi connectivity index (χ1n) is 8.68. The summed E-state index contributed by atoms with van der Waals surface area (Å²) in [6, 6.07) is 2.21. The number of nitrogens with zero attached hydrogens (tertiary/aromatic N) is 4. The third kappa shape index (κ3) is 3.89. The topological polar surface area (TPSA) is 106 Å². The first-order chi connectivity index (χ1) is 14.0. The molecule has 1 aliphatic rings. The van der Waals surface area contributed by atoms with E-state index in [1.807, 2.05) is 0 Å². The fourth-order valence-corrected chi connectivity index (χ4v) is 2.98. The van der Waals surface area contributed by atoms with Crippen molar-refractivity contribution in [2.45, 2.75) is 38.8 Å². The number of amides is 1. The second-order valence-corrected chi connectivity index (χ2v) is 6.71. The fourth-order valence-electron chi connectivity index (χ4n) is 2.98. The first-order valence-corrected chi connectivity index (χ1v) is 8.68. The number of carboxylic acid groups (broad SMARTS) is 1.